The van der Waals surface area contributed by atoms with Gasteiger partial charge in [-0.3, -0.25) is 0 Å². The van der Waals surface area contributed by atoms with E-state index in [1.54, 1.807) is 18.4 Å². The van der Waals surface area contributed by atoms with Gasteiger partial charge >= 0.3 is 0 Å². The van der Waals surface area contributed by atoms with Crippen molar-refractivity contribution in [1.82, 2.24) is 10.3 Å². The number of hydrogen-bond donors (Lipinski definition) is 1. The highest BCUT2D eigenvalue weighted by molar-refractivity contribution is 7.09. The van der Waals surface area contributed by atoms with Crippen molar-refractivity contribution in [3.8, 4) is 5.75 Å². The molecule has 0 unspecified atom stereocenters. The minimum absolute atomic E-state index is 0.452. The van der Waals surface area contributed by atoms with Gasteiger partial charge in [0.05, 0.1) is 12.3 Å². The lowest BCUT2D eigenvalue weighted by Crippen LogP contribution is -2.18. The Morgan fingerprint density at radius 1 is 1.27 bits per heavy atom. The van der Waals surface area contributed by atoms with Crippen LogP contribution in [0.4, 0.5) is 0 Å². The quantitative estimate of drug-likeness (QED) is 0.717. The summed E-state index contributed by atoms with van der Waals surface area (Å²) in [6.45, 7) is 7.19. The second kappa shape index (κ2) is 8.88. The maximum atomic E-state index is 5.95. The van der Waals surface area contributed by atoms with E-state index in [1.165, 1.54) is 5.56 Å². The zero-order valence-corrected chi connectivity index (χ0v) is 14.3. The first-order valence-corrected chi connectivity index (χ1v) is 8.43. The van der Waals surface area contributed by atoms with Crippen molar-refractivity contribution in [2.45, 2.75) is 32.9 Å². The Kier molecular flexibility index (Phi) is 6.83. The molecule has 120 valence electrons. The van der Waals surface area contributed by atoms with E-state index >= 15 is 0 Å². The smallest absolute Gasteiger partial charge is 0.140 e. The zero-order valence-electron chi connectivity index (χ0n) is 13.5. The van der Waals surface area contributed by atoms with Gasteiger partial charge in [-0.25, -0.2) is 4.98 Å². The number of aromatic nitrogens is 1. The zero-order chi connectivity index (χ0) is 15.8. The molecule has 5 heteroatoms. The molecule has 2 aromatic rings. The fourth-order valence-corrected chi connectivity index (χ4v) is 2.82. The lowest BCUT2D eigenvalue weighted by atomic mass is 10.0. The summed E-state index contributed by atoms with van der Waals surface area (Å²) in [6.07, 6.45) is 0. The molecule has 1 aromatic carbocycles. The molecule has 0 aliphatic carbocycles. The van der Waals surface area contributed by atoms with Crippen LogP contribution in [0.25, 0.3) is 0 Å². The van der Waals surface area contributed by atoms with Crippen molar-refractivity contribution >= 4 is 11.3 Å². The van der Waals surface area contributed by atoms with Gasteiger partial charge < -0.3 is 14.8 Å². The minimum atomic E-state index is 0.452. The maximum Gasteiger partial charge on any atom is 0.140 e. The molecular formula is C17H24N2O2S. The number of ether oxygens (including phenoxy) is 2. The van der Waals surface area contributed by atoms with E-state index in [9.17, 15) is 0 Å². The highest BCUT2D eigenvalue weighted by Crippen LogP contribution is 2.26. The molecule has 1 aromatic heterocycles. The van der Waals surface area contributed by atoms with Crippen LogP contribution in [0.1, 0.15) is 36.0 Å². The molecule has 2 rings (SSSR count). The number of para-hydroxylation sites is 1. The van der Waals surface area contributed by atoms with Gasteiger partial charge in [0.2, 0.25) is 0 Å². The number of thiazole rings is 1. The maximum absolute atomic E-state index is 5.95. The van der Waals surface area contributed by atoms with Crippen LogP contribution >= 0.6 is 11.3 Å². The lowest BCUT2D eigenvalue weighted by Gasteiger charge is -2.12. The highest BCUT2D eigenvalue weighted by atomic mass is 32.1. The van der Waals surface area contributed by atoms with Gasteiger partial charge in [0, 0.05) is 25.6 Å². The molecule has 0 saturated heterocycles. The van der Waals surface area contributed by atoms with Gasteiger partial charge in [0.1, 0.15) is 17.4 Å². The van der Waals surface area contributed by atoms with Gasteiger partial charge in [-0.05, 0) is 17.5 Å². The summed E-state index contributed by atoms with van der Waals surface area (Å²) < 4.78 is 11.0. The standard InChI is InChI=1S/C17H24N2O2S/c1-13(2)15-6-4-5-7-16(15)21-11-17-19-14(12-22-17)10-18-8-9-20-3/h4-7,12-13,18H,8-11H2,1-3H3. The number of benzene rings is 1. The second-order valence-corrected chi connectivity index (χ2v) is 6.33. The lowest BCUT2D eigenvalue weighted by molar-refractivity contribution is 0.199. The third-order valence-electron chi connectivity index (χ3n) is 3.28. The Labute approximate surface area is 136 Å². The van der Waals surface area contributed by atoms with Gasteiger partial charge in [-0.1, -0.05) is 32.0 Å². The Balaban J connectivity index is 1.86. The van der Waals surface area contributed by atoms with Crippen LogP contribution in [0, 0.1) is 0 Å². The number of nitrogens with zero attached hydrogens (tertiary/aromatic N) is 1. The second-order valence-electron chi connectivity index (χ2n) is 5.38. The van der Waals surface area contributed by atoms with Crippen LogP contribution in [-0.4, -0.2) is 25.2 Å². The SMILES string of the molecule is COCCNCc1csc(COc2ccccc2C(C)C)n1. The van der Waals surface area contributed by atoms with E-state index in [2.05, 4.69) is 41.7 Å². The van der Waals surface area contributed by atoms with Gasteiger partial charge in [0.25, 0.3) is 0 Å². The summed E-state index contributed by atoms with van der Waals surface area (Å²) in [4.78, 5) is 4.59. The van der Waals surface area contributed by atoms with E-state index < -0.39 is 0 Å². The van der Waals surface area contributed by atoms with Gasteiger partial charge in [-0.2, -0.15) is 0 Å². The molecule has 4 nitrogen and oxygen atoms in total. The number of methoxy groups -OCH3 is 1. The minimum Gasteiger partial charge on any atom is -0.486 e. The molecule has 0 atom stereocenters. The Morgan fingerprint density at radius 2 is 2.09 bits per heavy atom. The fourth-order valence-electron chi connectivity index (χ4n) is 2.12. The van der Waals surface area contributed by atoms with Crippen molar-refractivity contribution in [3.05, 3.63) is 45.9 Å². The van der Waals surface area contributed by atoms with Crippen molar-refractivity contribution in [2.75, 3.05) is 20.3 Å². The average Bonchev–Trinajstić information content (AvgIpc) is 2.97. The molecule has 22 heavy (non-hydrogen) atoms. The van der Waals surface area contributed by atoms with Crippen LogP contribution in [0.5, 0.6) is 5.75 Å². The van der Waals surface area contributed by atoms with E-state index in [-0.39, 0.29) is 0 Å². The predicted molar refractivity (Wildman–Crippen MR) is 90.6 cm³/mol. The summed E-state index contributed by atoms with van der Waals surface area (Å²) in [7, 11) is 1.70. The molecule has 0 amide bonds. The first kappa shape index (κ1) is 16.9. The predicted octanol–water partition coefficient (Wildman–Crippen LogP) is 3.58. The van der Waals surface area contributed by atoms with E-state index in [0.29, 0.717) is 19.1 Å². The average molecular weight is 320 g/mol. The third kappa shape index (κ3) is 5.09. The first-order chi connectivity index (χ1) is 10.7. The largest absolute Gasteiger partial charge is 0.486 e. The molecule has 0 bridgehead atoms. The molecule has 1 N–H and O–H groups in total. The van der Waals surface area contributed by atoms with E-state index in [4.69, 9.17) is 9.47 Å². The highest BCUT2D eigenvalue weighted by Gasteiger charge is 2.08. The number of rotatable bonds is 9. The van der Waals surface area contributed by atoms with Crippen molar-refractivity contribution in [2.24, 2.45) is 0 Å². The number of nitrogens with one attached hydrogen (secondary N) is 1. The first-order valence-electron chi connectivity index (χ1n) is 7.55. The Morgan fingerprint density at radius 3 is 2.86 bits per heavy atom. The molecule has 0 aliphatic rings. The van der Waals surface area contributed by atoms with Crippen LogP contribution in [-0.2, 0) is 17.9 Å². The monoisotopic (exact) mass is 320 g/mol. The topological polar surface area (TPSA) is 43.4 Å². The third-order valence-corrected chi connectivity index (χ3v) is 4.15. The summed E-state index contributed by atoms with van der Waals surface area (Å²) in [5.74, 6) is 1.40. The van der Waals surface area contributed by atoms with Gasteiger partial charge in [-0.15, -0.1) is 11.3 Å². The molecule has 0 spiro atoms. The molecule has 0 fully saturated rings. The summed E-state index contributed by atoms with van der Waals surface area (Å²) in [5.41, 5.74) is 2.29. The molecule has 1 heterocycles. The number of hydrogen-bond acceptors (Lipinski definition) is 5. The van der Waals surface area contributed by atoms with E-state index in [1.807, 2.05) is 12.1 Å². The Hall–Kier alpha value is -1.43. The van der Waals surface area contributed by atoms with Crippen LogP contribution in [0.2, 0.25) is 0 Å². The van der Waals surface area contributed by atoms with Crippen molar-refractivity contribution in [3.63, 3.8) is 0 Å². The molecular weight excluding hydrogens is 296 g/mol. The fraction of sp³-hybridized carbons (Fsp3) is 0.471. The molecule has 0 aliphatic heterocycles. The van der Waals surface area contributed by atoms with E-state index in [0.717, 1.165) is 29.5 Å². The molecule has 0 saturated carbocycles. The van der Waals surface area contributed by atoms with Gasteiger partial charge in [0.15, 0.2) is 0 Å². The Bertz CT molecular complexity index is 569. The summed E-state index contributed by atoms with van der Waals surface area (Å²) >= 11 is 1.64. The van der Waals surface area contributed by atoms with Crippen LogP contribution in [0.3, 0.4) is 0 Å². The normalized spacial score (nSPS) is 11.1. The van der Waals surface area contributed by atoms with Crippen molar-refractivity contribution in [1.29, 1.82) is 0 Å². The van der Waals surface area contributed by atoms with Crippen LogP contribution in [0.15, 0.2) is 29.6 Å². The summed E-state index contributed by atoms with van der Waals surface area (Å²) in [5, 5.41) is 6.37. The van der Waals surface area contributed by atoms with Crippen LogP contribution < -0.4 is 10.1 Å². The summed E-state index contributed by atoms with van der Waals surface area (Å²) in [6, 6.07) is 8.20. The molecule has 0 radical (unpaired) electrons. The van der Waals surface area contributed by atoms with Crippen molar-refractivity contribution < 1.29 is 9.47 Å².